The fourth-order valence-electron chi connectivity index (χ4n) is 4.29. The minimum absolute atomic E-state index is 0.0608. The lowest BCUT2D eigenvalue weighted by atomic mass is 10.1. The summed E-state index contributed by atoms with van der Waals surface area (Å²) >= 11 is 0. The Balaban J connectivity index is 1.42. The molecule has 158 valence electrons. The van der Waals surface area contributed by atoms with Crippen LogP contribution in [0.2, 0.25) is 0 Å². The van der Waals surface area contributed by atoms with Crippen LogP contribution in [0.4, 0.5) is 11.4 Å². The highest BCUT2D eigenvalue weighted by Crippen LogP contribution is 2.28. The lowest BCUT2D eigenvalue weighted by Gasteiger charge is -2.21. The summed E-state index contributed by atoms with van der Waals surface area (Å²) < 4.78 is 0. The van der Waals surface area contributed by atoms with Gasteiger partial charge in [0.05, 0.1) is 16.2 Å². The lowest BCUT2D eigenvalue weighted by molar-refractivity contribution is -0.384. The molecule has 2 aliphatic heterocycles. The third-order valence-corrected chi connectivity index (χ3v) is 5.96. The summed E-state index contributed by atoms with van der Waals surface area (Å²) in [4.78, 5) is 28.2. The second-order valence-corrected chi connectivity index (χ2v) is 8.14. The van der Waals surface area contributed by atoms with Gasteiger partial charge in [-0.05, 0) is 56.0 Å². The number of likely N-dealkylation sites (tertiary alicyclic amines) is 1. The minimum Gasteiger partial charge on any atom is -0.371 e. The number of nitro benzene ring substituents is 1. The van der Waals surface area contributed by atoms with Crippen LogP contribution in [0.1, 0.15) is 47.2 Å². The first-order valence-corrected chi connectivity index (χ1v) is 10.7. The Hall–Kier alpha value is -2.93. The highest BCUT2D eigenvalue weighted by atomic mass is 16.6. The van der Waals surface area contributed by atoms with E-state index in [-0.39, 0.29) is 11.6 Å². The molecule has 2 aromatic rings. The van der Waals surface area contributed by atoms with Gasteiger partial charge in [-0.15, -0.1) is 0 Å². The van der Waals surface area contributed by atoms with Crippen LogP contribution in [0.3, 0.4) is 0 Å². The Morgan fingerprint density at radius 3 is 2.23 bits per heavy atom. The molecule has 0 radical (unpaired) electrons. The van der Waals surface area contributed by atoms with Crippen molar-refractivity contribution in [2.75, 3.05) is 31.1 Å². The zero-order valence-electron chi connectivity index (χ0n) is 17.2. The Kier molecular flexibility index (Phi) is 6.28. The van der Waals surface area contributed by atoms with E-state index in [2.05, 4.69) is 27.2 Å². The Bertz CT molecular complexity index is 901. The monoisotopic (exact) mass is 408 g/mol. The molecule has 7 nitrogen and oxygen atoms in total. The van der Waals surface area contributed by atoms with Crippen molar-refractivity contribution in [3.05, 3.63) is 69.3 Å². The van der Waals surface area contributed by atoms with Crippen LogP contribution >= 0.6 is 0 Å². The summed E-state index contributed by atoms with van der Waals surface area (Å²) in [6.45, 7) is 5.44. The number of benzene rings is 2. The molecule has 4 rings (SSSR count). The van der Waals surface area contributed by atoms with Gasteiger partial charge in [-0.2, -0.15) is 0 Å². The van der Waals surface area contributed by atoms with Crippen molar-refractivity contribution in [3.63, 3.8) is 0 Å². The van der Waals surface area contributed by atoms with Crippen molar-refractivity contribution >= 4 is 17.3 Å². The maximum atomic E-state index is 12.9. The first-order valence-electron chi connectivity index (χ1n) is 10.7. The molecule has 0 bridgehead atoms. The van der Waals surface area contributed by atoms with Crippen LogP contribution < -0.4 is 10.2 Å². The molecule has 7 heteroatoms. The van der Waals surface area contributed by atoms with E-state index in [0.717, 1.165) is 43.7 Å². The van der Waals surface area contributed by atoms with E-state index in [1.54, 1.807) is 6.07 Å². The maximum absolute atomic E-state index is 12.9. The molecule has 2 fully saturated rings. The van der Waals surface area contributed by atoms with E-state index in [0.29, 0.717) is 12.1 Å². The molecule has 2 aliphatic rings. The number of carbonyl (C=O) groups is 1. The van der Waals surface area contributed by atoms with Gasteiger partial charge in [0.15, 0.2) is 0 Å². The minimum atomic E-state index is -0.455. The van der Waals surface area contributed by atoms with Gasteiger partial charge >= 0.3 is 0 Å². The number of nitrogens with zero attached hydrogens (tertiary/aromatic N) is 3. The number of hydrogen-bond donors (Lipinski definition) is 1. The number of hydrogen-bond acceptors (Lipinski definition) is 5. The second-order valence-electron chi connectivity index (χ2n) is 8.14. The van der Waals surface area contributed by atoms with E-state index >= 15 is 0 Å². The van der Waals surface area contributed by atoms with Crippen LogP contribution in [0, 0.1) is 10.1 Å². The second kappa shape index (κ2) is 9.26. The predicted octanol–water partition coefficient (Wildman–Crippen LogP) is 3.72. The maximum Gasteiger partial charge on any atom is 0.270 e. The number of non-ortho nitro benzene ring substituents is 1. The molecular weight excluding hydrogens is 380 g/mol. The molecule has 1 N–H and O–H groups in total. The highest BCUT2D eigenvalue weighted by molar-refractivity contribution is 6.00. The van der Waals surface area contributed by atoms with Crippen molar-refractivity contribution < 1.29 is 9.72 Å². The largest absolute Gasteiger partial charge is 0.371 e. The Morgan fingerprint density at radius 2 is 1.57 bits per heavy atom. The van der Waals surface area contributed by atoms with Crippen LogP contribution in [-0.2, 0) is 13.1 Å². The van der Waals surface area contributed by atoms with Gasteiger partial charge in [0.2, 0.25) is 0 Å². The molecule has 0 unspecified atom stereocenters. The Morgan fingerprint density at radius 1 is 0.933 bits per heavy atom. The fourth-order valence-corrected chi connectivity index (χ4v) is 4.29. The molecule has 0 spiro atoms. The van der Waals surface area contributed by atoms with Gasteiger partial charge in [-0.25, -0.2) is 0 Å². The summed E-state index contributed by atoms with van der Waals surface area (Å²) in [5.41, 5.74) is 3.38. The third kappa shape index (κ3) is 4.79. The van der Waals surface area contributed by atoms with E-state index < -0.39 is 4.92 Å². The molecule has 2 saturated heterocycles. The van der Waals surface area contributed by atoms with E-state index in [1.165, 1.54) is 43.6 Å². The molecule has 30 heavy (non-hydrogen) atoms. The highest BCUT2D eigenvalue weighted by Gasteiger charge is 2.22. The molecule has 2 heterocycles. The van der Waals surface area contributed by atoms with E-state index in [4.69, 9.17) is 0 Å². The lowest BCUT2D eigenvalue weighted by Crippen LogP contribution is -2.27. The Labute approximate surface area is 176 Å². The van der Waals surface area contributed by atoms with Crippen LogP contribution in [0.15, 0.2) is 42.5 Å². The van der Waals surface area contributed by atoms with Gasteiger partial charge in [0.25, 0.3) is 11.6 Å². The zero-order valence-corrected chi connectivity index (χ0v) is 17.2. The van der Waals surface area contributed by atoms with Crippen molar-refractivity contribution in [2.24, 2.45) is 0 Å². The molecule has 2 aromatic carbocycles. The summed E-state index contributed by atoms with van der Waals surface area (Å²) in [5.74, 6) is -0.276. The summed E-state index contributed by atoms with van der Waals surface area (Å²) in [6.07, 6.45) is 4.70. The molecule has 1 amide bonds. The first kappa shape index (κ1) is 20.3. The number of nitro groups is 1. The average molecular weight is 409 g/mol. The predicted molar refractivity (Wildman–Crippen MR) is 117 cm³/mol. The van der Waals surface area contributed by atoms with Gasteiger partial charge in [0, 0.05) is 38.3 Å². The first-order chi connectivity index (χ1) is 14.6. The topological polar surface area (TPSA) is 78.7 Å². The van der Waals surface area contributed by atoms with Crippen LogP contribution in [-0.4, -0.2) is 41.9 Å². The SMILES string of the molecule is O=C(NCc1ccc(CN2CCCC2)cc1)c1cc([N+](=O)[O-])ccc1N1CCCC1. The van der Waals surface area contributed by atoms with Crippen molar-refractivity contribution in [3.8, 4) is 0 Å². The number of anilines is 1. The van der Waals surface area contributed by atoms with Crippen molar-refractivity contribution in [2.45, 2.75) is 38.8 Å². The average Bonchev–Trinajstić information content (AvgIpc) is 3.47. The number of amides is 1. The third-order valence-electron chi connectivity index (χ3n) is 5.96. The van der Waals surface area contributed by atoms with E-state index in [9.17, 15) is 14.9 Å². The standard InChI is InChI=1S/C23H28N4O3/c28-23(21-15-20(27(29)30)9-10-22(21)26-13-3-4-14-26)24-16-18-5-7-19(8-6-18)17-25-11-1-2-12-25/h5-10,15H,1-4,11-14,16-17H2,(H,24,28). The fraction of sp³-hybridized carbons (Fsp3) is 0.435. The number of carbonyl (C=O) groups excluding carboxylic acids is 1. The molecule has 0 aromatic heterocycles. The van der Waals surface area contributed by atoms with E-state index in [1.807, 2.05) is 12.1 Å². The number of nitrogens with one attached hydrogen (secondary N) is 1. The van der Waals surface area contributed by atoms with Gasteiger partial charge in [0.1, 0.15) is 0 Å². The molecule has 0 atom stereocenters. The van der Waals surface area contributed by atoms with Gasteiger partial charge in [-0.3, -0.25) is 19.8 Å². The van der Waals surface area contributed by atoms with Gasteiger partial charge in [-0.1, -0.05) is 24.3 Å². The smallest absolute Gasteiger partial charge is 0.270 e. The summed E-state index contributed by atoms with van der Waals surface area (Å²) in [5, 5.41) is 14.1. The van der Waals surface area contributed by atoms with Crippen LogP contribution in [0.5, 0.6) is 0 Å². The molecule has 0 aliphatic carbocycles. The summed E-state index contributed by atoms with van der Waals surface area (Å²) in [6, 6.07) is 12.9. The van der Waals surface area contributed by atoms with Gasteiger partial charge < -0.3 is 10.2 Å². The molecule has 0 saturated carbocycles. The quantitative estimate of drug-likeness (QED) is 0.558. The number of rotatable bonds is 7. The van der Waals surface area contributed by atoms with Crippen LogP contribution in [0.25, 0.3) is 0 Å². The van der Waals surface area contributed by atoms with Crippen molar-refractivity contribution in [1.29, 1.82) is 0 Å². The van der Waals surface area contributed by atoms with Crippen molar-refractivity contribution in [1.82, 2.24) is 10.2 Å². The normalized spacial score (nSPS) is 16.7. The zero-order chi connectivity index (χ0) is 20.9. The molecular formula is C23H28N4O3. The summed E-state index contributed by atoms with van der Waals surface area (Å²) in [7, 11) is 0.